The Morgan fingerprint density at radius 2 is 2.12 bits per heavy atom. The van der Waals surface area contributed by atoms with Gasteiger partial charge in [-0.05, 0) is 30.9 Å². The summed E-state index contributed by atoms with van der Waals surface area (Å²) in [6, 6.07) is 5.50. The van der Waals surface area contributed by atoms with Crippen molar-refractivity contribution in [2.75, 3.05) is 7.11 Å². The van der Waals surface area contributed by atoms with Crippen LogP contribution < -0.4 is 4.74 Å². The maximum absolute atomic E-state index is 12.7. The minimum atomic E-state index is -0.387. The minimum Gasteiger partial charge on any atom is -0.496 e. The first-order valence-corrected chi connectivity index (χ1v) is 8.42. The second-order valence-electron chi connectivity index (χ2n) is 6.49. The van der Waals surface area contributed by atoms with Gasteiger partial charge in [-0.25, -0.2) is 4.79 Å². The molecule has 0 unspecified atom stereocenters. The summed E-state index contributed by atoms with van der Waals surface area (Å²) in [7, 11) is 1.54. The number of cyclic esters (lactones) is 1. The normalized spacial score (nSPS) is 30.0. The lowest BCUT2D eigenvalue weighted by molar-refractivity contribution is -0.109. The lowest BCUT2D eigenvalue weighted by atomic mass is 9.91. The summed E-state index contributed by atoms with van der Waals surface area (Å²) in [5.41, 5.74) is 1.28. The monoisotopic (exact) mass is 332 g/mol. The SMILES string of the molecule is C=CC[C@H]1C[C@H]2C[C@H](O)C[C@H](Cc3cccc(OC)c3C(=O)O1)O2. The van der Waals surface area contributed by atoms with E-state index >= 15 is 0 Å². The lowest BCUT2D eigenvalue weighted by Crippen LogP contribution is -2.40. The molecule has 2 heterocycles. The van der Waals surface area contributed by atoms with Gasteiger partial charge in [0.25, 0.3) is 0 Å². The number of esters is 1. The van der Waals surface area contributed by atoms with E-state index in [4.69, 9.17) is 14.2 Å². The maximum atomic E-state index is 12.7. The van der Waals surface area contributed by atoms with Crippen LogP contribution in [0.1, 0.15) is 41.6 Å². The standard InChI is InChI=1S/C19H24O5/c1-3-5-14-11-16-10-13(20)9-15(23-16)8-12-6-4-7-17(22-2)18(12)19(21)24-14/h3-4,6-7,13-16,20H,1,5,8-11H2,2H3/t13-,14+,15+,16-/m1/s1. The quantitative estimate of drug-likeness (QED) is 0.681. The molecule has 0 aliphatic carbocycles. The molecule has 5 nitrogen and oxygen atoms in total. The fourth-order valence-electron chi connectivity index (χ4n) is 3.65. The molecule has 0 spiro atoms. The Labute approximate surface area is 142 Å². The Morgan fingerprint density at radius 1 is 1.33 bits per heavy atom. The highest BCUT2D eigenvalue weighted by Gasteiger charge is 2.34. The fraction of sp³-hybridized carbons (Fsp3) is 0.526. The lowest BCUT2D eigenvalue weighted by Gasteiger charge is -2.36. The van der Waals surface area contributed by atoms with Crippen LogP contribution in [-0.2, 0) is 15.9 Å². The smallest absolute Gasteiger partial charge is 0.342 e. The highest BCUT2D eigenvalue weighted by molar-refractivity contribution is 5.94. The number of hydrogen-bond donors (Lipinski definition) is 1. The molecule has 1 fully saturated rings. The molecule has 0 saturated carbocycles. The molecular formula is C19H24O5. The zero-order chi connectivity index (χ0) is 17.1. The highest BCUT2D eigenvalue weighted by Crippen LogP contribution is 2.32. The molecule has 2 aliphatic rings. The van der Waals surface area contributed by atoms with Gasteiger partial charge in [0.05, 0.1) is 25.4 Å². The maximum Gasteiger partial charge on any atom is 0.342 e. The van der Waals surface area contributed by atoms with Crippen LogP contribution in [0.2, 0.25) is 0 Å². The first-order chi connectivity index (χ1) is 11.6. The van der Waals surface area contributed by atoms with Gasteiger partial charge in [0, 0.05) is 12.8 Å². The average Bonchev–Trinajstić information content (AvgIpc) is 2.53. The van der Waals surface area contributed by atoms with Crippen LogP contribution in [0.3, 0.4) is 0 Å². The van der Waals surface area contributed by atoms with E-state index in [2.05, 4.69) is 6.58 Å². The Bertz CT molecular complexity index is 612. The van der Waals surface area contributed by atoms with Gasteiger partial charge in [-0.3, -0.25) is 0 Å². The molecule has 1 aromatic carbocycles. The summed E-state index contributed by atoms with van der Waals surface area (Å²) in [6.07, 6.45) is 3.64. The van der Waals surface area contributed by atoms with Crippen molar-refractivity contribution >= 4 is 5.97 Å². The molecule has 5 heteroatoms. The van der Waals surface area contributed by atoms with Crippen molar-refractivity contribution in [3.63, 3.8) is 0 Å². The number of aliphatic hydroxyl groups is 1. The molecule has 3 rings (SSSR count). The van der Waals surface area contributed by atoms with Gasteiger partial charge in [0.15, 0.2) is 0 Å². The van der Waals surface area contributed by atoms with E-state index in [0.29, 0.717) is 43.4 Å². The fourth-order valence-corrected chi connectivity index (χ4v) is 3.65. The van der Waals surface area contributed by atoms with Crippen molar-refractivity contribution in [1.82, 2.24) is 0 Å². The van der Waals surface area contributed by atoms with Gasteiger partial charge in [0.1, 0.15) is 17.4 Å². The molecule has 1 saturated heterocycles. The number of rotatable bonds is 3. The highest BCUT2D eigenvalue weighted by atomic mass is 16.6. The molecule has 0 radical (unpaired) electrons. The molecule has 1 N–H and O–H groups in total. The predicted molar refractivity (Wildman–Crippen MR) is 89.2 cm³/mol. The van der Waals surface area contributed by atoms with Crippen LogP contribution in [0.4, 0.5) is 0 Å². The van der Waals surface area contributed by atoms with E-state index in [-0.39, 0.29) is 30.4 Å². The zero-order valence-corrected chi connectivity index (χ0v) is 13.9. The van der Waals surface area contributed by atoms with Gasteiger partial charge in [-0.1, -0.05) is 18.2 Å². The third kappa shape index (κ3) is 3.62. The Balaban J connectivity index is 1.99. The summed E-state index contributed by atoms with van der Waals surface area (Å²) in [4.78, 5) is 12.7. The molecule has 2 bridgehead atoms. The molecule has 1 aromatic rings. The number of carbonyl (C=O) groups is 1. The summed E-state index contributed by atoms with van der Waals surface area (Å²) in [5, 5.41) is 10.2. The van der Waals surface area contributed by atoms with Gasteiger partial charge in [-0.15, -0.1) is 6.58 Å². The largest absolute Gasteiger partial charge is 0.496 e. The van der Waals surface area contributed by atoms with Crippen LogP contribution >= 0.6 is 0 Å². The molecule has 4 atom stereocenters. The van der Waals surface area contributed by atoms with Crippen LogP contribution in [0, 0.1) is 0 Å². The molecule has 24 heavy (non-hydrogen) atoms. The van der Waals surface area contributed by atoms with E-state index in [1.807, 2.05) is 12.1 Å². The Morgan fingerprint density at radius 3 is 2.88 bits per heavy atom. The molecule has 0 amide bonds. The van der Waals surface area contributed by atoms with Crippen molar-refractivity contribution in [1.29, 1.82) is 0 Å². The van der Waals surface area contributed by atoms with Gasteiger partial charge in [0.2, 0.25) is 0 Å². The number of carbonyl (C=O) groups excluding carboxylic acids is 1. The number of fused-ring (bicyclic) bond motifs is 3. The second-order valence-corrected chi connectivity index (χ2v) is 6.49. The average molecular weight is 332 g/mol. The zero-order valence-electron chi connectivity index (χ0n) is 13.9. The predicted octanol–water partition coefficient (Wildman–Crippen LogP) is 2.65. The molecule has 130 valence electrons. The first kappa shape index (κ1) is 17.0. The van der Waals surface area contributed by atoms with Gasteiger partial charge >= 0.3 is 5.97 Å². The van der Waals surface area contributed by atoms with E-state index in [1.54, 1.807) is 19.3 Å². The van der Waals surface area contributed by atoms with Crippen molar-refractivity contribution in [2.24, 2.45) is 0 Å². The first-order valence-electron chi connectivity index (χ1n) is 8.42. The third-order valence-electron chi connectivity index (χ3n) is 4.67. The second kappa shape index (κ2) is 7.36. The summed E-state index contributed by atoms with van der Waals surface area (Å²) in [5.74, 6) is 0.137. The van der Waals surface area contributed by atoms with Crippen molar-refractivity contribution in [2.45, 2.75) is 56.5 Å². The van der Waals surface area contributed by atoms with Crippen LogP contribution in [0.5, 0.6) is 5.75 Å². The number of methoxy groups -OCH3 is 1. The van der Waals surface area contributed by atoms with Crippen molar-refractivity contribution in [3.8, 4) is 5.75 Å². The van der Waals surface area contributed by atoms with Crippen molar-refractivity contribution < 1.29 is 24.1 Å². The number of benzene rings is 1. The van der Waals surface area contributed by atoms with Crippen LogP contribution in [-0.4, -0.2) is 42.6 Å². The Kier molecular flexibility index (Phi) is 5.21. The minimum absolute atomic E-state index is 0.108. The van der Waals surface area contributed by atoms with E-state index in [1.165, 1.54) is 0 Å². The molecular weight excluding hydrogens is 308 g/mol. The van der Waals surface area contributed by atoms with E-state index in [0.717, 1.165) is 5.56 Å². The number of ether oxygens (including phenoxy) is 3. The summed E-state index contributed by atoms with van der Waals surface area (Å²) in [6.45, 7) is 3.74. The van der Waals surface area contributed by atoms with E-state index in [9.17, 15) is 9.90 Å². The van der Waals surface area contributed by atoms with Gasteiger partial charge < -0.3 is 19.3 Å². The molecule has 2 aliphatic heterocycles. The summed E-state index contributed by atoms with van der Waals surface area (Å²) < 4.78 is 17.2. The topological polar surface area (TPSA) is 65.0 Å². The third-order valence-corrected chi connectivity index (χ3v) is 4.67. The Hall–Kier alpha value is -1.85. The van der Waals surface area contributed by atoms with Gasteiger partial charge in [-0.2, -0.15) is 0 Å². The number of aliphatic hydroxyl groups excluding tert-OH is 1. The van der Waals surface area contributed by atoms with E-state index < -0.39 is 0 Å². The summed E-state index contributed by atoms with van der Waals surface area (Å²) >= 11 is 0. The molecule has 0 aromatic heterocycles. The van der Waals surface area contributed by atoms with Crippen LogP contribution in [0.25, 0.3) is 0 Å². The van der Waals surface area contributed by atoms with Crippen molar-refractivity contribution in [3.05, 3.63) is 42.0 Å². The number of hydrogen-bond acceptors (Lipinski definition) is 5. The van der Waals surface area contributed by atoms with Crippen LogP contribution in [0.15, 0.2) is 30.9 Å².